The van der Waals surface area contributed by atoms with E-state index in [0.717, 1.165) is 23.1 Å². The molecule has 0 spiro atoms. The van der Waals surface area contributed by atoms with Crippen LogP contribution in [0.15, 0.2) is 22.7 Å². The first-order valence-corrected chi connectivity index (χ1v) is 5.54. The maximum absolute atomic E-state index is 10.8. The molecule has 0 atom stereocenters. The van der Waals surface area contributed by atoms with Gasteiger partial charge in [-0.2, -0.15) is 0 Å². The predicted molar refractivity (Wildman–Crippen MR) is 63.1 cm³/mol. The molecule has 0 bridgehead atoms. The maximum atomic E-state index is 10.8. The van der Waals surface area contributed by atoms with Crippen LogP contribution in [0.25, 0.3) is 0 Å². The Balaban J connectivity index is 2.95. The third-order valence-electron chi connectivity index (χ3n) is 2.27. The number of carboxylic acids is 1. The van der Waals surface area contributed by atoms with Crippen molar-refractivity contribution in [1.29, 1.82) is 0 Å². The molecular formula is C11H14BrNO2. The van der Waals surface area contributed by atoms with Crippen LogP contribution in [0, 0.1) is 0 Å². The van der Waals surface area contributed by atoms with E-state index < -0.39 is 5.97 Å². The van der Waals surface area contributed by atoms with Crippen molar-refractivity contribution >= 4 is 21.9 Å². The van der Waals surface area contributed by atoms with Crippen LogP contribution in [0.3, 0.4) is 0 Å². The Morgan fingerprint density at radius 2 is 2.20 bits per heavy atom. The molecular weight excluding hydrogens is 258 g/mol. The van der Waals surface area contributed by atoms with Crippen molar-refractivity contribution in [2.75, 3.05) is 13.6 Å². The Bertz CT molecular complexity index is 366. The Morgan fingerprint density at radius 1 is 1.53 bits per heavy atom. The van der Waals surface area contributed by atoms with Crippen molar-refractivity contribution < 1.29 is 9.90 Å². The molecule has 1 N–H and O–H groups in total. The molecule has 1 rings (SSSR count). The number of nitrogens with zero attached hydrogens (tertiary/aromatic N) is 1. The Kier molecular flexibility index (Phi) is 4.29. The zero-order chi connectivity index (χ0) is 11.4. The molecule has 0 aliphatic carbocycles. The number of rotatable bonds is 4. The van der Waals surface area contributed by atoms with Crippen LogP contribution in [-0.4, -0.2) is 29.6 Å². The molecule has 0 saturated heterocycles. The lowest BCUT2D eigenvalue weighted by molar-refractivity contribution is 0.0696. The minimum Gasteiger partial charge on any atom is -0.478 e. The largest absolute Gasteiger partial charge is 0.478 e. The number of carbonyl (C=O) groups is 1. The topological polar surface area (TPSA) is 40.5 Å². The van der Waals surface area contributed by atoms with Gasteiger partial charge < -0.3 is 10.0 Å². The quantitative estimate of drug-likeness (QED) is 0.915. The van der Waals surface area contributed by atoms with E-state index in [1.54, 1.807) is 18.2 Å². The van der Waals surface area contributed by atoms with Gasteiger partial charge in [0.2, 0.25) is 0 Å². The second-order valence-electron chi connectivity index (χ2n) is 3.44. The fourth-order valence-corrected chi connectivity index (χ4v) is 1.60. The van der Waals surface area contributed by atoms with Crippen molar-refractivity contribution in [2.24, 2.45) is 0 Å². The SMILES string of the molecule is CCN(C)Cc1cc(C(=O)O)ccc1Br. The monoisotopic (exact) mass is 271 g/mol. The van der Waals surface area contributed by atoms with Gasteiger partial charge in [0.25, 0.3) is 0 Å². The van der Waals surface area contributed by atoms with Crippen molar-refractivity contribution in [3.8, 4) is 0 Å². The Hall–Kier alpha value is -0.870. The molecule has 0 unspecified atom stereocenters. The summed E-state index contributed by atoms with van der Waals surface area (Å²) in [4.78, 5) is 12.9. The van der Waals surface area contributed by atoms with Crippen LogP contribution in [0.4, 0.5) is 0 Å². The summed E-state index contributed by atoms with van der Waals surface area (Å²) in [5.41, 5.74) is 1.33. The molecule has 0 amide bonds. The summed E-state index contributed by atoms with van der Waals surface area (Å²) in [6.07, 6.45) is 0. The summed E-state index contributed by atoms with van der Waals surface area (Å²) >= 11 is 3.42. The van der Waals surface area contributed by atoms with Gasteiger partial charge in [-0.05, 0) is 37.4 Å². The molecule has 0 aromatic heterocycles. The van der Waals surface area contributed by atoms with Crippen LogP contribution >= 0.6 is 15.9 Å². The van der Waals surface area contributed by atoms with Gasteiger partial charge >= 0.3 is 5.97 Å². The van der Waals surface area contributed by atoms with E-state index in [2.05, 4.69) is 27.8 Å². The fourth-order valence-electron chi connectivity index (χ4n) is 1.23. The van der Waals surface area contributed by atoms with Crippen molar-refractivity contribution in [2.45, 2.75) is 13.5 Å². The lowest BCUT2D eigenvalue weighted by atomic mass is 10.1. The maximum Gasteiger partial charge on any atom is 0.335 e. The summed E-state index contributed by atoms with van der Waals surface area (Å²) < 4.78 is 0.952. The Labute approximate surface area is 97.8 Å². The molecule has 82 valence electrons. The zero-order valence-electron chi connectivity index (χ0n) is 8.83. The van der Waals surface area contributed by atoms with E-state index in [-0.39, 0.29) is 0 Å². The highest BCUT2D eigenvalue weighted by Crippen LogP contribution is 2.19. The van der Waals surface area contributed by atoms with E-state index >= 15 is 0 Å². The number of hydrogen-bond donors (Lipinski definition) is 1. The highest BCUT2D eigenvalue weighted by molar-refractivity contribution is 9.10. The third kappa shape index (κ3) is 3.32. The van der Waals surface area contributed by atoms with Crippen LogP contribution in [0.5, 0.6) is 0 Å². The van der Waals surface area contributed by atoms with E-state index in [1.807, 2.05) is 7.05 Å². The molecule has 3 nitrogen and oxygen atoms in total. The van der Waals surface area contributed by atoms with Crippen LogP contribution < -0.4 is 0 Å². The summed E-state index contributed by atoms with van der Waals surface area (Å²) in [6, 6.07) is 5.09. The summed E-state index contributed by atoms with van der Waals surface area (Å²) in [5.74, 6) is -0.886. The highest BCUT2D eigenvalue weighted by atomic mass is 79.9. The van der Waals surface area contributed by atoms with Gasteiger partial charge in [-0.15, -0.1) is 0 Å². The molecule has 1 aromatic carbocycles. The molecule has 4 heteroatoms. The molecule has 0 fully saturated rings. The highest BCUT2D eigenvalue weighted by Gasteiger charge is 2.08. The molecule has 0 saturated carbocycles. The fraction of sp³-hybridized carbons (Fsp3) is 0.364. The van der Waals surface area contributed by atoms with E-state index in [4.69, 9.17) is 5.11 Å². The lowest BCUT2D eigenvalue weighted by Gasteiger charge is -2.15. The van der Waals surface area contributed by atoms with Crippen molar-refractivity contribution in [1.82, 2.24) is 4.90 Å². The second-order valence-corrected chi connectivity index (χ2v) is 4.30. The number of carboxylic acid groups (broad SMARTS) is 1. The third-order valence-corrected chi connectivity index (χ3v) is 3.05. The van der Waals surface area contributed by atoms with Gasteiger partial charge in [-0.25, -0.2) is 4.79 Å². The lowest BCUT2D eigenvalue weighted by Crippen LogP contribution is -2.17. The molecule has 0 aliphatic rings. The number of benzene rings is 1. The summed E-state index contributed by atoms with van der Waals surface area (Å²) in [5, 5.41) is 8.86. The number of hydrogen-bond acceptors (Lipinski definition) is 2. The number of halogens is 1. The van der Waals surface area contributed by atoms with Gasteiger partial charge in [0.15, 0.2) is 0 Å². The second kappa shape index (κ2) is 5.28. The summed E-state index contributed by atoms with van der Waals surface area (Å²) in [6.45, 7) is 3.75. The minimum atomic E-state index is -0.886. The van der Waals surface area contributed by atoms with Crippen LogP contribution in [0.1, 0.15) is 22.8 Å². The zero-order valence-corrected chi connectivity index (χ0v) is 10.4. The first-order chi connectivity index (χ1) is 7.04. The van der Waals surface area contributed by atoms with Crippen molar-refractivity contribution in [3.63, 3.8) is 0 Å². The average Bonchev–Trinajstić information content (AvgIpc) is 2.20. The summed E-state index contributed by atoms with van der Waals surface area (Å²) in [7, 11) is 2.00. The number of aromatic carboxylic acids is 1. The predicted octanol–water partition coefficient (Wildman–Crippen LogP) is 2.60. The van der Waals surface area contributed by atoms with Crippen LogP contribution in [-0.2, 0) is 6.54 Å². The van der Waals surface area contributed by atoms with Gasteiger partial charge in [-0.3, -0.25) is 0 Å². The Morgan fingerprint density at radius 3 is 2.73 bits per heavy atom. The minimum absolute atomic E-state index is 0.331. The molecule has 0 heterocycles. The molecule has 0 radical (unpaired) electrons. The first kappa shape index (κ1) is 12.2. The molecule has 15 heavy (non-hydrogen) atoms. The van der Waals surface area contributed by atoms with Crippen LogP contribution in [0.2, 0.25) is 0 Å². The molecule has 1 aromatic rings. The molecule has 0 aliphatic heterocycles. The van der Waals surface area contributed by atoms with Gasteiger partial charge in [0.05, 0.1) is 5.56 Å². The standard InChI is InChI=1S/C11H14BrNO2/c1-3-13(2)7-9-6-8(11(14)15)4-5-10(9)12/h4-6H,3,7H2,1-2H3,(H,14,15). The normalized spacial score (nSPS) is 10.7. The van der Waals surface area contributed by atoms with E-state index in [0.29, 0.717) is 5.56 Å². The van der Waals surface area contributed by atoms with E-state index in [9.17, 15) is 4.79 Å². The average molecular weight is 272 g/mol. The van der Waals surface area contributed by atoms with Gasteiger partial charge in [0, 0.05) is 11.0 Å². The van der Waals surface area contributed by atoms with Crippen molar-refractivity contribution in [3.05, 3.63) is 33.8 Å². The first-order valence-electron chi connectivity index (χ1n) is 4.75. The van der Waals surface area contributed by atoms with Gasteiger partial charge in [-0.1, -0.05) is 22.9 Å². The van der Waals surface area contributed by atoms with E-state index in [1.165, 1.54) is 0 Å². The smallest absolute Gasteiger partial charge is 0.335 e. The van der Waals surface area contributed by atoms with Gasteiger partial charge in [0.1, 0.15) is 0 Å².